The van der Waals surface area contributed by atoms with Gasteiger partial charge in [-0.15, -0.1) is 0 Å². The molecule has 26 heteroatoms. The van der Waals surface area contributed by atoms with E-state index in [9.17, 15) is 43.6 Å². The molecule has 10 N–H and O–H groups in total. The third-order valence-corrected chi connectivity index (χ3v) is 10.4. The van der Waals surface area contributed by atoms with E-state index in [1.807, 2.05) is 27.7 Å². The second-order valence-electron chi connectivity index (χ2n) is 15.2. The quantitative estimate of drug-likeness (QED) is 0.0396. The van der Waals surface area contributed by atoms with Gasteiger partial charge in [-0.25, -0.2) is 13.9 Å². The maximum Gasteiger partial charge on any atom is 0.470 e. The van der Waals surface area contributed by atoms with Crippen LogP contribution in [0.2, 0.25) is 0 Å². The van der Waals surface area contributed by atoms with Gasteiger partial charge in [-0.2, -0.15) is 10.0 Å². The van der Waals surface area contributed by atoms with Gasteiger partial charge in [0.2, 0.25) is 11.8 Å². The number of amides is 2. The number of anilines is 1. The van der Waals surface area contributed by atoms with E-state index in [1.54, 1.807) is 0 Å². The Morgan fingerprint density at radius 1 is 0.898 bits per heavy atom. The van der Waals surface area contributed by atoms with Crippen molar-refractivity contribution >= 4 is 33.3 Å². The molecule has 1 aromatic rings. The summed E-state index contributed by atoms with van der Waals surface area (Å²) >= 11 is 0. The van der Waals surface area contributed by atoms with Crippen LogP contribution >= 0.6 is 15.6 Å². The van der Waals surface area contributed by atoms with Crippen LogP contribution in [0.3, 0.4) is 0 Å². The van der Waals surface area contributed by atoms with Crippen molar-refractivity contribution in [1.82, 2.24) is 25.2 Å². The van der Waals surface area contributed by atoms with Crippen LogP contribution in [0.5, 0.6) is 0 Å². The Hall–Kier alpha value is -2.48. The minimum absolute atomic E-state index is 0.0442. The third-order valence-electron chi connectivity index (χ3n) is 9.40. The average Bonchev–Trinajstić information content (AvgIpc) is 3.42. The Bertz CT molecular complexity index is 1640. The van der Waals surface area contributed by atoms with Crippen molar-refractivity contribution in [2.75, 3.05) is 78.3 Å². The van der Waals surface area contributed by atoms with Crippen molar-refractivity contribution in [3.63, 3.8) is 0 Å². The Kier molecular flexibility index (Phi) is 19.9. The van der Waals surface area contributed by atoms with Crippen molar-refractivity contribution in [2.24, 2.45) is 5.92 Å². The van der Waals surface area contributed by atoms with Gasteiger partial charge in [0.25, 0.3) is 0 Å². The lowest BCUT2D eigenvalue weighted by molar-refractivity contribution is -0.249. The Morgan fingerprint density at radius 3 is 2.02 bits per heavy atom. The van der Waals surface area contributed by atoms with Gasteiger partial charge in [0.05, 0.1) is 59.5 Å². The maximum absolute atomic E-state index is 12.7. The molecule has 3 heterocycles. The van der Waals surface area contributed by atoms with E-state index in [0.29, 0.717) is 71.0 Å². The predicted octanol–water partition coefficient (Wildman–Crippen LogP) is -1.05. The molecule has 2 unspecified atom stereocenters. The molecule has 2 amide bonds. The van der Waals surface area contributed by atoms with Crippen molar-refractivity contribution in [3.05, 3.63) is 22.2 Å². The Labute approximate surface area is 341 Å². The van der Waals surface area contributed by atoms with Gasteiger partial charge >= 0.3 is 21.3 Å². The summed E-state index contributed by atoms with van der Waals surface area (Å²) in [6, 6.07) is 0. The summed E-state index contributed by atoms with van der Waals surface area (Å²) in [5, 5.41) is 28.1. The van der Waals surface area contributed by atoms with Gasteiger partial charge in [-0.3, -0.25) is 23.2 Å². The number of nitrogen functional groups attached to an aromatic ring is 1. The number of phosphoric acid groups is 2. The lowest BCUT2D eigenvalue weighted by Crippen LogP contribution is -2.60. The minimum atomic E-state index is -5.24. The SMILES string of the molecule is CC1(C)CC(C(=O)NCCOCCOCCOCCOCCC(=O)NCCCc2cn([C@@H]3O[C@H](COP(=O)(O)O)C(OP(=O)(O)O)C3O)c(=O)nc2N)CC(C)(C)N1O. The normalized spacial score (nSPS) is 22.4. The molecule has 3 rings (SSSR count). The highest BCUT2D eigenvalue weighted by Crippen LogP contribution is 2.45. The molecule has 0 aromatic carbocycles. The molecule has 2 fully saturated rings. The Balaban J connectivity index is 1.22. The molecule has 24 nitrogen and oxygen atoms in total. The number of carbonyl (C=O) groups is 2. The number of aliphatic hydroxyl groups is 1. The first-order valence-corrected chi connectivity index (χ1v) is 22.1. The number of piperidine rings is 1. The molecule has 2 aliphatic rings. The van der Waals surface area contributed by atoms with E-state index in [2.05, 4.69) is 24.7 Å². The van der Waals surface area contributed by atoms with E-state index in [1.165, 1.54) is 11.3 Å². The summed E-state index contributed by atoms with van der Waals surface area (Å²) in [5.41, 5.74) is 4.21. The number of aryl methyl sites for hydroxylation is 1. The van der Waals surface area contributed by atoms with Crippen molar-refractivity contribution in [2.45, 2.75) is 95.4 Å². The Morgan fingerprint density at radius 2 is 1.46 bits per heavy atom. The molecule has 340 valence electrons. The van der Waals surface area contributed by atoms with Gasteiger partial charge < -0.3 is 69.9 Å². The van der Waals surface area contributed by atoms with E-state index in [-0.39, 0.29) is 56.2 Å². The predicted molar refractivity (Wildman–Crippen MR) is 204 cm³/mol. The van der Waals surface area contributed by atoms with Crippen LogP contribution in [0, 0.1) is 5.92 Å². The minimum Gasteiger partial charge on any atom is -0.386 e. The standard InChI is InChI=1S/C33H60N6O18P2/c1-32(2)18-23(19-33(3,4)39(32)44)29(42)36-9-11-52-13-15-54-17-16-53-14-12-51-10-7-25(40)35-8-5-6-22-20-38(31(43)37-28(22)34)30-26(41)27(57-59(48,49)50)24(56-30)21-55-58(45,46)47/h20,23-24,26-27,30,41,44H,5-19,21H2,1-4H3,(H,35,40)(H,36,42)(H2,34,37,43)(H2,45,46,47)(H2,48,49,50)/t24-,26?,27?,30-/m1/s1. The average molecular weight is 891 g/mol. The zero-order valence-electron chi connectivity index (χ0n) is 33.7. The number of hydrogen-bond acceptors (Lipinski definition) is 17. The monoisotopic (exact) mass is 890 g/mol. The summed E-state index contributed by atoms with van der Waals surface area (Å²) < 4.78 is 59.7. The fourth-order valence-corrected chi connectivity index (χ4v) is 7.73. The second kappa shape index (κ2) is 23.1. The largest absolute Gasteiger partial charge is 0.470 e. The number of nitrogens with zero attached hydrogens (tertiary/aromatic N) is 3. The van der Waals surface area contributed by atoms with Gasteiger partial charge in [-0.1, -0.05) is 0 Å². The molecule has 2 saturated heterocycles. The van der Waals surface area contributed by atoms with Crippen LogP contribution in [0.15, 0.2) is 11.0 Å². The van der Waals surface area contributed by atoms with Crippen LogP contribution in [0.1, 0.15) is 65.2 Å². The maximum atomic E-state index is 12.7. The number of aromatic nitrogens is 2. The molecular weight excluding hydrogens is 830 g/mol. The molecular formula is C33H60N6O18P2. The molecule has 0 radical (unpaired) electrons. The highest BCUT2D eigenvalue weighted by Gasteiger charge is 2.50. The number of rotatable bonds is 26. The molecule has 2 aliphatic heterocycles. The molecule has 0 saturated carbocycles. The second-order valence-corrected chi connectivity index (χ2v) is 17.7. The van der Waals surface area contributed by atoms with Crippen LogP contribution in [-0.2, 0) is 57.9 Å². The zero-order chi connectivity index (χ0) is 44.0. The smallest absolute Gasteiger partial charge is 0.386 e. The van der Waals surface area contributed by atoms with E-state index < -0.39 is 63.6 Å². The van der Waals surface area contributed by atoms with Crippen LogP contribution < -0.4 is 22.1 Å². The van der Waals surface area contributed by atoms with Gasteiger partial charge in [-0.05, 0) is 53.4 Å². The molecule has 0 bridgehead atoms. The highest BCUT2D eigenvalue weighted by molar-refractivity contribution is 7.46. The first-order valence-electron chi connectivity index (χ1n) is 19.0. The number of hydroxylamine groups is 2. The number of ether oxygens (including phenoxy) is 5. The summed E-state index contributed by atoms with van der Waals surface area (Å²) in [5.74, 6) is -0.664. The van der Waals surface area contributed by atoms with Gasteiger partial charge in [0.15, 0.2) is 6.23 Å². The molecule has 4 atom stereocenters. The van der Waals surface area contributed by atoms with Crippen molar-refractivity contribution < 1.29 is 81.3 Å². The molecule has 0 aliphatic carbocycles. The summed E-state index contributed by atoms with van der Waals surface area (Å²) in [6.07, 6.45) is -4.08. The molecule has 0 spiro atoms. The van der Waals surface area contributed by atoms with Crippen LogP contribution in [0.25, 0.3) is 0 Å². The number of nitrogens with one attached hydrogen (secondary N) is 2. The van der Waals surface area contributed by atoms with E-state index in [0.717, 1.165) is 4.57 Å². The van der Waals surface area contributed by atoms with Crippen molar-refractivity contribution in [3.8, 4) is 0 Å². The lowest BCUT2D eigenvalue weighted by Gasteiger charge is -2.51. The third kappa shape index (κ3) is 17.4. The van der Waals surface area contributed by atoms with E-state index >= 15 is 0 Å². The zero-order valence-corrected chi connectivity index (χ0v) is 35.5. The van der Waals surface area contributed by atoms with Gasteiger partial charge in [0, 0.05) is 48.3 Å². The summed E-state index contributed by atoms with van der Waals surface area (Å²) in [7, 11) is -10.3. The fraction of sp³-hybridized carbons (Fsp3) is 0.818. The number of nitrogens with two attached hydrogens (primary N) is 1. The number of aliphatic hydroxyl groups excluding tert-OH is 1. The number of hydrogen-bond donors (Lipinski definition) is 9. The first kappa shape index (κ1) is 50.9. The van der Waals surface area contributed by atoms with Crippen molar-refractivity contribution in [1.29, 1.82) is 0 Å². The fourth-order valence-electron chi connectivity index (χ4n) is 6.81. The first-order chi connectivity index (χ1) is 27.5. The molecule has 1 aromatic heterocycles. The van der Waals surface area contributed by atoms with Gasteiger partial charge in [0.1, 0.15) is 24.1 Å². The van der Waals surface area contributed by atoms with Crippen LogP contribution in [-0.4, -0.2) is 158 Å². The molecule has 59 heavy (non-hydrogen) atoms. The summed E-state index contributed by atoms with van der Waals surface area (Å²) in [6.45, 7) is 9.80. The van der Waals surface area contributed by atoms with E-state index in [4.69, 9.17) is 39.2 Å². The highest BCUT2D eigenvalue weighted by atomic mass is 31.2. The van der Waals surface area contributed by atoms with Crippen LogP contribution in [0.4, 0.5) is 5.82 Å². The topological polar surface area (TPSA) is 342 Å². The summed E-state index contributed by atoms with van der Waals surface area (Å²) in [4.78, 5) is 77.8. The number of phosphoric ester groups is 2. The number of carbonyl (C=O) groups excluding carboxylic acids is 2. The lowest BCUT2D eigenvalue weighted by atomic mass is 9.75.